The van der Waals surface area contributed by atoms with Crippen molar-refractivity contribution >= 4 is 0 Å². The molecule has 1 unspecified atom stereocenters. The maximum atomic E-state index is 13.4. The summed E-state index contributed by atoms with van der Waals surface area (Å²) in [4.78, 5) is 4.10. The van der Waals surface area contributed by atoms with Crippen LogP contribution >= 0.6 is 0 Å². The molecule has 0 saturated carbocycles. The van der Waals surface area contributed by atoms with Gasteiger partial charge in [0.15, 0.2) is 0 Å². The SMILES string of the molecule is CC1(C)COc2c1cc(C(CN)C(F)(F)F)nc2-c1ccc(C(F)(F)F)cc1. The summed E-state index contributed by atoms with van der Waals surface area (Å²) in [6.45, 7) is 3.15. The van der Waals surface area contributed by atoms with Crippen LogP contribution in [0.1, 0.15) is 36.6 Å². The van der Waals surface area contributed by atoms with Gasteiger partial charge in [-0.25, -0.2) is 4.98 Å². The van der Waals surface area contributed by atoms with Gasteiger partial charge in [0.05, 0.1) is 17.9 Å². The van der Waals surface area contributed by atoms with Gasteiger partial charge in [-0.05, 0) is 18.2 Å². The standard InChI is InChI=1S/C19H18F6N2O/c1-17(2)9-28-16-12(17)7-14(13(8-26)19(23,24)25)27-15(16)10-3-5-11(6-4-10)18(20,21)22/h3-7,13H,8-9,26H2,1-2H3. The summed E-state index contributed by atoms with van der Waals surface area (Å²) in [6.07, 6.45) is -9.12. The van der Waals surface area contributed by atoms with Crippen LogP contribution in [0.2, 0.25) is 0 Å². The predicted octanol–water partition coefficient (Wildman–Crippen LogP) is 5.04. The Morgan fingerprint density at radius 3 is 2.21 bits per heavy atom. The number of nitrogens with two attached hydrogens (primary N) is 1. The van der Waals surface area contributed by atoms with E-state index in [0.29, 0.717) is 5.56 Å². The van der Waals surface area contributed by atoms with Gasteiger partial charge < -0.3 is 10.5 Å². The number of nitrogens with zero attached hydrogens (tertiary/aromatic N) is 1. The third-order valence-corrected chi connectivity index (χ3v) is 4.77. The zero-order chi connectivity index (χ0) is 20.9. The van der Waals surface area contributed by atoms with Crippen LogP contribution in [-0.4, -0.2) is 24.3 Å². The minimum Gasteiger partial charge on any atom is -0.490 e. The van der Waals surface area contributed by atoms with Crippen LogP contribution in [-0.2, 0) is 11.6 Å². The Balaban J connectivity index is 2.18. The van der Waals surface area contributed by atoms with E-state index in [1.54, 1.807) is 0 Å². The topological polar surface area (TPSA) is 48.1 Å². The number of pyridine rings is 1. The van der Waals surface area contributed by atoms with Crippen molar-refractivity contribution in [2.45, 2.75) is 37.5 Å². The van der Waals surface area contributed by atoms with Crippen molar-refractivity contribution in [3.8, 4) is 17.0 Å². The molecule has 2 N–H and O–H groups in total. The fourth-order valence-corrected chi connectivity index (χ4v) is 3.15. The first-order chi connectivity index (χ1) is 12.8. The first-order valence-electron chi connectivity index (χ1n) is 8.47. The predicted molar refractivity (Wildman–Crippen MR) is 91.0 cm³/mol. The zero-order valence-corrected chi connectivity index (χ0v) is 15.1. The first-order valence-corrected chi connectivity index (χ1v) is 8.47. The smallest absolute Gasteiger partial charge is 0.416 e. The molecular weight excluding hydrogens is 386 g/mol. The fourth-order valence-electron chi connectivity index (χ4n) is 3.15. The minimum absolute atomic E-state index is 0.0782. The van der Waals surface area contributed by atoms with E-state index in [1.807, 2.05) is 13.8 Å². The molecule has 1 atom stereocenters. The highest BCUT2D eigenvalue weighted by Crippen LogP contribution is 2.46. The van der Waals surface area contributed by atoms with Crippen molar-refractivity contribution < 1.29 is 31.1 Å². The number of rotatable bonds is 3. The van der Waals surface area contributed by atoms with E-state index >= 15 is 0 Å². The number of aromatic nitrogens is 1. The summed E-state index contributed by atoms with van der Waals surface area (Å²) in [5, 5.41) is 0. The lowest BCUT2D eigenvalue weighted by Gasteiger charge is -2.22. The van der Waals surface area contributed by atoms with Gasteiger partial charge in [0, 0.05) is 23.1 Å². The Hall–Kier alpha value is -2.29. The molecular formula is C19H18F6N2O. The average Bonchev–Trinajstić information content (AvgIpc) is 2.88. The van der Waals surface area contributed by atoms with E-state index in [9.17, 15) is 26.3 Å². The molecule has 1 aliphatic heterocycles. The monoisotopic (exact) mass is 404 g/mol. The molecule has 1 aromatic carbocycles. The van der Waals surface area contributed by atoms with Gasteiger partial charge in [-0.15, -0.1) is 0 Å². The van der Waals surface area contributed by atoms with E-state index in [0.717, 1.165) is 12.1 Å². The maximum Gasteiger partial charge on any atom is 0.416 e. The third kappa shape index (κ3) is 3.67. The molecule has 3 rings (SSSR count). The lowest BCUT2D eigenvalue weighted by Crippen LogP contribution is -2.29. The molecule has 0 saturated heterocycles. The van der Waals surface area contributed by atoms with Crippen molar-refractivity contribution in [3.63, 3.8) is 0 Å². The molecule has 0 spiro atoms. The Morgan fingerprint density at radius 2 is 1.71 bits per heavy atom. The summed E-state index contributed by atoms with van der Waals surface area (Å²) < 4.78 is 84.3. The molecule has 0 radical (unpaired) electrons. The van der Waals surface area contributed by atoms with Crippen LogP contribution in [0.25, 0.3) is 11.3 Å². The highest BCUT2D eigenvalue weighted by atomic mass is 19.4. The number of hydrogen-bond acceptors (Lipinski definition) is 3. The molecule has 28 heavy (non-hydrogen) atoms. The van der Waals surface area contributed by atoms with E-state index in [4.69, 9.17) is 10.5 Å². The van der Waals surface area contributed by atoms with Crippen molar-refractivity contribution in [1.82, 2.24) is 4.98 Å². The molecule has 1 aliphatic rings. The van der Waals surface area contributed by atoms with Crippen LogP contribution < -0.4 is 10.5 Å². The third-order valence-electron chi connectivity index (χ3n) is 4.77. The molecule has 2 heterocycles. The second kappa shape index (κ2) is 6.65. The quantitative estimate of drug-likeness (QED) is 0.729. The van der Waals surface area contributed by atoms with Gasteiger partial charge in [-0.3, -0.25) is 0 Å². The number of hydrogen-bond donors (Lipinski definition) is 1. The Morgan fingerprint density at radius 1 is 1.11 bits per heavy atom. The molecule has 0 bridgehead atoms. The highest BCUT2D eigenvalue weighted by molar-refractivity contribution is 5.71. The van der Waals surface area contributed by atoms with Gasteiger partial charge in [0.2, 0.25) is 0 Å². The molecule has 152 valence electrons. The van der Waals surface area contributed by atoms with Gasteiger partial charge >= 0.3 is 12.4 Å². The number of ether oxygens (including phenoxy) is 1. The van der Waals surface area contributed by atoms with E-state index in [2.05, 4.69) is 4.98 Å². The first kappa shape index (κ1) is 20.4. The van der Waals surface area contributed by atoms with Crippen LogP contribution in [0.4, 0.5) is 26.3 Å². The lowest BCUT2D eigenvalue weighted by atomic mass is 9.85. The highest BCUT2D eigenvalue weighted by Gasteiger charge is 2.43. The number of benzene rings is 1. The summed E-state index contributed by atoms with van der Waals surface area (Å²) in [6, 6.07) is 5.41. The van der Waals surface area contributed by atoms with Crippen molar-refractivity contribution in [2.24, 2.45) is 5.73 Å². The van der Waals surface area contributed by atoms with Crippen molar-refractivity contribution in [2.75, 3.05) is 13.2 Å². The van der Waals surface area contributed by atoms with Crippen LogP contribution in [0.3, 0.4) is 0 Å². The van der Waals surface area contributed by atoms with Crippen LogP contribution in [0.15, 0.2) is 30.3 Å². The number of halogens is 6. The molecule has 1 aromatic heterocycles. The molecule has 3 nitrogen and oxygen atoms in total. The molecule has 0 fully saturated rings. The molecule has 0 aliphatic carbocycles. The summed E-state index contributed by atoms with van der Waals surface area (Å²) in [5.41, 5.74) is 4.48. The fraction of sp³-hybridized carbons (Fsp3) is 0.421. The second-order valence-electron chi connectivity index (χ2n) is 7.35. The largest absolute Gasteiger partial charge is 0.490 e. The van der Waals surface area contributed by atoms with Gasteiger partial charge in [-0.1, -0.05) is 26.0 Å². The normalized spacial score (nSPS) is 17.2. The second-order valence-corrected chi connectivity index (χ2v) is 7.35. The summed E-state index contributed by atoms with van der Waals surface area (Å²) in [7, 11) is 0. The molecule has 9 heteroatoms. The summed E-state index contributed by atoms with van der Waals surface area (Å²) in [5.74, 6) is -1.70. The Labute approximate surface area is 157 Å². The summed E-state index contributed by atoms with van der Waals surface area (Å²) >= 11 is 0. The maximum absolute atomic E-state index is 13.4. The van der Waals surface area contributed by atoms with Crippen molar-refractivity contribution in [3.05, 3.63) is 47.2 Å². The average molecular weight is 404 g/mol. The molecule has 2 aromatic rings. The minimum atomic E-state index is -4.60. The van der Waals surface area contributed by atoms with Crippen LogP contribution in [0, 0.1) is 0 Å². The van der Waals surface area contributed by atoms with E-state index in [1.165, 1.54) is 18.2 Å². The van der Waals surface area contributed by atoms with Gasteiger partial charge in [-0.2, -0.15) is 26.3 Å². The number of alkyl halides is 6. The van der Waals surface area contributed by atoms with Crippen molar-refractivity contribution in [1.29, 1.82) is 0 Å². The van der Waals surface area contributed by atoms with Gasteiger partial charge in [0.25, 0.3) is 0 Å². The number of fused-ring (bicyclic) bond motifs is 1. The Bertz CT molecular complexity index is 872. The van der Waals surface area contributed by atoms with E-state index in [-0.39, 0.29) is 29.3 Å². The Kier molecular flexibility index (Phi) is 4.85. The zero-order valence-electron chi connectivity index (χ0n) is 15.1. The van der Waals surface area contributed by atoms with Gasteiger partial charge in [0.1, 0.15) is 17.4 Å². The lowest BCUT2D eigenvalue weighted by molar-refractivity contribution is -0.148. The van der Waals surface area contributed by atoms with E-state index < -0.39 is 35.8 Å². The van der Waals surface area contributed by atoms with Crippen LogP contribution in [0.5, 0.6) is 5.75 Å². The molecule has 0 amide bonds.